The molecule has 0 aliphatic carbocycles. The van der Waals surface area contributed by atoms with Crippen LogP contribution in [0.4, 0.5) is 13.2 Å². The van der Waals surface area contributed by atoms with Gasteiger partial charge in [-0.1, -0.05) is 66.6 Å². The molecule has 0 amide bonds. The van der Waals surface area contributed by atoms with Gasteiger partial charge in [0, 0.05) is 29.4 Å². The van der Waals surface area contributed by atoms with Crippen LogP contribution in [0.3, 0.4) is 0 Å². The number of Topliss-reactive ketones (excluding diaryl/α,β-unsaturated/α-hetero) is 1. The lowest BCUT2D eigenvalue weighted by Crippen LogP contribution is -2.30. The molecule has 1 atom stereocenters. The first-order valence-corrected chi connectivity index (χ1v) is 11.7. The molecule has 0 radical (unpaired) electrons. The van der Waals surface area contributed by atoms with Gasteiger partial charge in [-0.2, -0.15) is 13.2 Å². The molecule has 3 aromatic carbocycles. The van der Waals surface area contributed by atoms with Crippen LogP contribution in [0.2, 0.25) is 5.02 Å². The normalized spacial score (nSPS) is 12.2. The summed E-state index contributed by atoms with van der Waals surface area (Å²) in [4.78, 5) is 22.1. The van der Waals surface area contributed by atoms with Gasteiger partial charge in [-0.05, 0) is 35.7 Å². The Bertz CT molecular complexity index is 1230. The van der Waals surface area contributed by atoms with E-state index in [1.165, 1.54) is 0 Å². The summed E-state index contributed by atoms with van der Waals surface area (Å²) in [7, 11) is 0. The van der Waals surface area contributed by atoms with E-state index in [1.807, 2.05) is 42.5 Å². The lowest BCUT2D eigenvalue weighted by Gasteiger charge is -2.18. The number of unbranched alkanes of at least 4 members (excludes halogenated alkanes) is 1. The molecule has 0 saturated carbocycles. The van der Waals surface area contributed by atoms with E-state index < -0.39 is 18.2 Å². The number of rotatable bonds is 10. The topological polar surface area (TPSA) is 118 Å². The molecule has 0 aliphatic heterocycles. The van der Waals surface area contributed by atoms with Crippen molar-refractivity contribution in [1.82, 2.24) is 5.32 Å². The first kappa shape index (κ1) is 29.3. The van der Waals surface area contributed by atoms with Gasteiger partial charge >= 0.3 is 12.1 Å². The van der Waals surface area contributed by atoms with Gasteiger partial charge < -0.3 is 21.9 Å². The van der Waals surface area contributed by atoms with Crippen LogP contribution in [0.25, 0.3) is 21.5 Å². The smallest absolute Gasteiger partial charge is 0.475 e. The minimum absolute atomic E-state index is 0.0743. The van der Waals surface area contributed by atoms with E-state index >= 15 is 0 Å². The monoisotopic (exact) mass is 523 g/mol. The summed E-state index contributed by atoms with van der Waals surface area (Å²) in [5, 5.41) is 14.9. The molecule has 0 saturated heterocycles. The Kier molecular flexibility index (Phi) is 10.9. The molecule has 10 heteroatoms. The van der Waals surface area contributed by atoms with Gasteiger partial charge in [0.2, 0.25) is 0 Å². The number of hydrogen-bond acceptors (Lipinski definition) is 5. The number of fused-ring (bicyclic) bond motifs is 2. The maximum Gasteiger partial charge on any atom is 0.490 e. The Morgan fingerprint density at radius 1 is 1.08 bits per heavy atom. The van der Waals surface area contributed by atoms with Crippen molar-refractivity contribution in [2.45, 2.75) is 38.0 Å². The molecular formula is C26H29ClF3N3O3. The van der Waals surface area contributed by atoms with Crippen molar-refractivity contribution in [2.75, 3.05) is 13.1 Å². The number of carbonyl (C=O) groups is 2. The number of carboxylic acids is 1. The molecule has 3 rings (SSSR count). The van der Waals surface area contributed by atoms with Crippen LogP contribution in [0, 0.1) is 0 Å². The first-order chi connectivity index (χ1) is 17.0. The molecule has 0 unspecified atom stereocenters. The number of benzene rings is 3. The Balaban J connectivity index is 0.000000572. The van der Waals surface area contributed by atoms with Gasteiger partial charge in [0.1, 0.15) is 0 Å². The van der Waals surface area contributed by atoms with Crippen molar-refractivity contribution in [3.05, 3.63) is 71.3 Å². The number of nitrogens with two attached hydrogens (primary N) is 2. The second-order valence-electron chi connectivity index (χ2n) is 8.04. The number of nitrogens with one attached hydrogen (secondary N) is 1. The van der Waals surface area contributed by atoms with E-state index in [0.717, 1.165) is 39.9 Å². The molecule has 6 nitrogen and oxygen atoms in total. The molecular weight excluding hydrogens is 495 g/mol. The summed E-state index contributed by atoms with van der Waals surface area (Å²) >= 11 is 6.84. The Morgan fingerprint density at radius 3 is 2.28 bits per heavy atom. The molecule has 0 aliphatic rings. The van der Waals surface area contributed by atoms with Gasteiger partial charge in [0.15, 0.2) is 5.78 Å². The van der Waals surface area contributed by atoms with Crippen LogP contribution in [-0.2, 0) is 11.3 Å². The predicted octanol–water partition coefficient (Wildman–Crippen LogP) is 5.19. The average Bonchev–Trinajstić information content (AvgIpc) is 2.85. The summed E-state index contributed by atoms with van der Waals surface area (Å²) in [5.41, 5.74) is 13.5. The SMILES string of the molecule is C=CCNCc1c2ccccc2c(Cl)c2c(C(=O)[C@@H](N)CCCCN)cccc12.O=C(O)C(F)(F)F. The third-order valence-electron chi connectivity index (χ3n) is 5.50. The molecule has 3 aromatic rings. The second-order valence-corrected chi connectivity index (χ2v) is 8.42. The summed E-state index contributed by atoms with van der Waals surface area (Å²) in [6, 6.07) is 13.2. The third-order valence-corrected chi connectivity index (χ3v) is 5.89. The van der Waals surface area contributed by atoms with Gasteiger partial charge in [-0.3, -0.25) is 4.79 Å². The van der Waals surface area contributed by atoms with Crippen molar-refractivity contribution in [2.24, 2.45) is 11.5 Å². The number of aliphatic carboxylic acids is 1. The molecule has 0 heterocycles. The quantitative estimate of drug-likeness (QED) is 0.126. The number of halogens is 4. The van der Waals surface area contributed by atoms with Crippen molar-refractivity contribution < 1.29 is 27.9 Å². The second kappa shape index (κ2) is 13.4. The number of carboxylic acid groups (broad SMARTS) is 1. The molecule has 0 fully saturated rings. The van der Waals surface area contributed by atoms with Gasteiger partial charge in [0.25, 0.3) is 0 Å². The van der Waals surface area contributed by atoms with Gasteiger partial charge in [-0.25, -0.2) is 4.79 Å². The molecule has 194 valence electrons. The number of alkyl halides is 3. The molecule has 36 heavy (non-hydrogen) atoms. The fourth-order valence-corrected chi connectivity index (χ4v) is 4.16. The molecule has 0 spiro atoms. The zero-order valence-electron chi connectivity index (χ0n) is 19.6. The fraction of sp³-hybridized carbons (Fsp3) is 0.308. The summed E-state index contributed by atoms with van der Waals surface area (Å²) < 4.78 is 31.7. The fourth-order valence-electron chi connectivity index (χ4n) is 3.79. The van der Waals surface area contributed by atoms with Gasteiger partial charge in [-0.15, -0.1) is 6.58 Å². The summed E-state index contributed by atoms with van der Waals surface area (Å²) in [5.74, 6) is -2.83. The van der Waals surface area contributed by atoms with Crippen molar-refractivity contribution in [3.63, 3.8) is 0 Å². The zero-order valence-corrected chi connectivity index (χ0v) is 20.3. The van der Waals surface area contributed by atoms with E-state index in [0.29, 0.717) is 36.6 Å². The highest BCUT2D eigenvalue weighted by Crippen LogP contribution is 2.38. The lowest BCUT2D eigenvalue weighted by molar-refractivity contribution is -0.192. The maximum atomic E-state index is 13.2. The minimum atomic E-state index is -5.08. The Hall–Kier alpha value is -2.98. The highest BCUT2D eigenvalue weighted by atomic mass is 35.5. The van der Waals surface area contributed by atoms with E-state index in [4.69, 9.17) is 33.0 Å². The van der Waals surface area contributed by atoms with Crippen LogP contribution in [0.15, 0.2) is 55.1 Å². The number of ketones is 1. The van der Waals surface area contributed by atoms with Crippen LogP contribution in [-0.4, -0.2) is 42.2 Å². The summed E-state index contributed by atoms with van der Waals surface area (Å²) in [6.07, 6.45) is -0.941. The summed E-state index contributed by atoms with van der Waals surface area (Å²) in [6.45, 7) is 5.72. The first-order valence-electron chi connectivity index (χ1n) is 11.3. The van der Waals surface area contributed by atoms with E-state index in [2.05, 4.69) is 18.0 Å². The largest absolute Gasteiger partial charge is 0.490 e. The predicted molar refractivity (Wildman–Crippen MR) is 137 cm³/mol. The van der Waals surface area contributed by atoms with Crippen LogP contribution < -0.4 is 16.8 Å². The molecule has 0 aromatic heterocycles. The zero-order chi connectivity index (χ0) is 26.9. The van der Waals surface area contributed by atoms with Gasteiger partial charge in [0.05, 0.1) is 11.1 Å². The van der Waals surface area contributed by atoms with E-state index in [-0.39, 0.29) is 5.78 Å². The Morgan fingerprint density at radius 2 is 1.69 bits per heavy atom. The highest BCUT2D eigenvalue weighted by molar-refractivity contribution is 6.42. The van der Waals surface area contributed by atoms with E-state index in [1.54, 1.807) is 0 Å². The average molecular weight is 524 g/mol. The minimum Gasteiger partial charge on any atom is -0.475 e. The lowest BCUT2D eigenvalue weighted by atomic mass is 9.90. The third kappa shape index (κ3) is 7.27. The van der Waals surface area contributed by atoms with Crippen molar-refractivity contribution in [3.8, 4) is 0 Å². The Labute approximate surface area is 212 Å². The molecule has 0 bridgehead atoms. The van der Waals surface area contributed by atoms with Crippen molar-refractivity contribution >= 4 is 44.9 Å². The number of hydrogen-bond donors (Lipinski definition) is 4. The molecule has 6 N–H and O–H groups in total. The highest BCUT2D eigenvalue weighted by Gasteiger charge is 2.38. The van der Waals surface area contributed by atoms with Crippen LogP contribution >= 0.6 is 11.6 Å². The van der Waals surface area contributed by atoms with E-state index in [9.17, 15) is 18.0 Å². The van der Waals surface area contributed by atoms with Crippen LogP contribution in [0.1, 0.15) is 35.2 Å². The number of carbonyl (C=O) groups excluding carboxylic acids is 1. The maximum absolute atomic E-state index is 13.2. The van der Waals surface area contributed by atoms with Crippen LogP contribution in [0.5, 0.6) is 0 Å². The van der Waals surface area contributed by atoms with Crippen molar-refractivity contribution in [1.29, 1.82) is 0 Å². The standard InChI is InChI=1S/C24H28ClN3O.C2HF3O2/c1-2-14-28-15-20-16-8-3-4-9-18(16)23(25)22-17(20)10-7-11-19(22)24(29)21(27)12-5-6-13-26;3-2(4,5)1(6)7/h2-4,7-11,21,28H,1,5-6,12-15,26-27H2;(H,6,7)/t21-;/m0./s1.